The van der Waals surface area contributed by atoms with Gasteiger partial charge in [-0.3, -0.25) is 23.0 Å². The number of hydrogen-bond donors (Lipinski definition) is 5. The zero-order chi connectivity index (χ0) is 42.6. The Kier molecular flexibility index (Phi) is 14.2. The van der Waals surface area contributed by atoms with Crippen LogP contribution in [0.2, 0.25) is 0 Å². The van der Waals surface area contributed by atoms with Crippen molar-refractivity contribution in [1.29, 1.82) is 0 Å². The summed E-state index contributed by atoms with van der Waals surface area (Å²) in [6.45, 7) is 6.21. The van der Waals surface area contributed by atoms with Crippen LogP contribution in [-0.4, -0.2) is 97.8 Å². The molecule has 0 saturated carbocycles. The molecule has 0 aliphatic carbocycles. The molecule has 0 spiro atoms. The lowest BCUT2D eigenvalue weighted by Gasteiger charge is -2.30. The molecule has 0 bridgehead atoms. The Morgan fingerprint density at radius 2 is 1.30 bits per heavy atom. The predicted molar refractivity (Wildman–Crippen MR) is 214 cm³/mol. The first-order valence-electron chi connectivity index (χ1n) is 18.1. The van der Waals surface area contributed by atoms with Crippen molar-refractivity contribution in [2.75, 3.05) is 29.5 Å². The van der Waals surface area contributed by atoms with E-state index < -0.39 is 68.8 Å². The van der Waals surface area contributed by atoms with Crippen molar-refractivity contribution in [3.05, 3.63) is 83.6 Å². The Bertz CT molecular complexity index is 2450. The van der Waals surface area contributed by atoms with E-state index in [1.54, 1.807) is 30.4 Å². The van der Waals surface area contributed by atoms with Crippen LogP contribution < -0.4 is 4.90 Å². The van der Waals surface area contributed by atoms with Crippen molar-refractivity contribution in [2.24, 2.45) is 0 Å². The number of fused-ring (bicyclic) bond motifs is 2. The van der Waals surface area contributed by atoms with Crippen molar-refractivity contribution in [3.63, 3.8) is 0 Å². The Morgan fingerprint density at radius 1 is 0.719 bits per heavy atom. The summed E-state index contributed by atoms with van der Waals surface area (Å²) in [5.74, 6) is -1.86. The molecule has 4 rings (SSSR count). The highest BCUT2D eigenvalue weighted by atomic mass is 32.2. The number of benzene rings is 2. The maximum absolute atomic E-state index is 12.2. The first kappa shape index (κ1) is 45.9. The van der Waals surface area contributed by atoms with E-state index >= 15 is 0 Å². The van der Waals surface area contributed by atoms with E-state index in [4.69, 9.17) is 0 Å². The minimum absolute atomic E-state index is 0.0786. The number of carboxylic acids is 1. The average molecular weight is 874 g/mol. The fourth-order valence-corrected chi connectivity index (χ4v) is 9.62. The average Bonchev–Trinajstić information content (AvgIpc) is 3.44. The Labute approximate surface area is 334 Å². The van der Waals surface area contributed by atoms with Crippen molar-refractivity contribution in [2.45, 2.75) is 92.8 Å². The second-order valence-corrected chi connectivity index (χ2v) is 20.8. The van der Waals surface area contributed by atoms with Crippen molar-refractivity contribution in [1.82, 2.24) is 0 Å². The molecule has 5 N–H and O–H groups in total. The van der Waals surface area contributed by atoms with E-state index in [0.29, 0.717) is 66.8 Å². The molecular formula is C37H49N2O14S4+. The van der Waals surface area contributed by atoms with Crippen molar-refractivity contribution in [3.8, 4) is 0 Å². The van der Waals surface area contributed by atoms with Crippen molar-refractivity contribution >= 4 is 63.5 Å². The molecule has 314 valence electrons. The molecule has 1 atom stereocenters. The smallest absolute Gasteiger partial charge is 0.303 e. The van der Waals surface area contributed by atoms with Gasteiger partial charge < -0.3 is 10.0 Å². The summed E-state index contributed by atoms with van der Waals surface area (Å²) in [4.78, 5) is 12.6. The van der Waals surface area contributed by atoms with Crippen LogP contribution >= 0.6 is 0 Å². The third-order valence-corrected chi connectivity index (χ3v) is 13.6. The third-order valence-electron chi connectivity index (χ3n) is 10.3. The monoisotopic (exact) mass is 873 g/mol. The Morgan fingerprint density at radius 3 is 1.88 bits per heavy atom. The highest BCUT2D eigenvalue weighted by Gasteiger charge is 2.45. The van der Waals surface area contributed by atoms with Crippen LogP contribution in [0.25, 0.3) is 0 Å². The minimum atomic E-state index is -4.59. The fraction of sp³-hybridized carbons (Fsp3) is 0.459. The lowest BCUT2D eigenvalue weighted by Crippen LogP contribution is -2.29. The number of allylic oxidation sites excluding steroid dienone is 6. The summed E-state index contributed by atoms with van der Waals surface area (Å²) in [6, 6.07) is 8.43. The molecule has 1 unspecified atom stereocenters. The molecule has 2 aliphatic rings. The molecule has 2 aromatic carbocycles. The topological polar surface area (TPSA) is 261 Å². The maximum atomic E-state index is 12.2. The summed E-state index contributed by atoms with van der Waals surface area (Å²) in [5.41, 5.74) is 2.18. The molecule has 0 aromatic heterocycles. The lowest BCUT2D eigenvalue weighted by atomic mass is 9.77. The van der Waals surface area contributed by atoms with Crippen LogP contribution in [0.5, 0.6) is 0 Å². The molecule has 0 amide bonds. The number of aliphatic carboxylic acids is 1. The zero-order valence-corrected chi connectivity index (χ0v) is 35.0. The van der Waals surface area contributed by atoms with Gasteiger partial charge in [0, 0.05) is 53.9 Å². The Hall–Kier alpha value is -3.76. The molecule has 2 aliphatic heterocycles. The molecule has 57 heavy (non-hydrogen) atoms. The zero-order valence-electron chi connectivity index (χ0n) is 31.8. The van der Waals surface area contributed by atoms with Gasteiger partial charge in [-0.15, -0.1) is 0 Å². The molecule has 2 aromatic rings. The summed E-state index contributed by atoms with van der Waals surface area (Å²) < 4.78 is 134. The van der Waals surface area contributed by atoms with E-state index in [1.165, 1.54) is 24.3 Å². The molecule has 0 saturated heterocycles. The van der Waals surface area contributed by atoms with Gasteiger partial charge in [-0.1, -0.05) is 24.6 Å². The van der Waals surface area contributed by atoms with Gasteiger partial charge in [0.2, 0.25) is 5.69 Å². The third kappa shape index (κ3) is 11.7. The summed E-state index contributed by atoms with van der Waals surface area (Å²) >= 11 is 0. The van der Waals surface area contributed by atoms with Gasteiger partial charge in [-0.05, 0) is 94.8 Å². The van der Waals surface area contributed by atoms with Crippen LogP contribution in [0.15, 0.2) is 82.3 Å². The van der Waals surface area contributed by atoms with Gasteiger partial charge in [-0.25, -0.2) is 0 Å². The van der Waals surface area contributed by atoms with Crippen LogP contribution in [0.3, 0.4) is 0 Å². The molecule has 0 fully saturated rings. The van der Waals surface area contributed by atoms with E-state index in [-0.39, 0.29) is 35.6 Å². The fourth-order valence-electron chi connectivity index (χ4n) is 7.47. The number of nitrogens with zero attached hydrogens (tertiary/aromatic N) is 2. The van der Waals surface area contributed by atoms with Gasteiger partial charge >= 0.3 is 5.97 Å². The number of hydrogen-bond acceptors (Lipinski definition) is 10. The maximum Gasteiger partial charge on any atom is 0.303 e. The standard InChI is InChI=1S/C37H48N2O14S4/c1-36(2)29-25-27(56(48,49)50)16-18-31(29)38(21-9-11-23-54(42,43)44)33(36)13-5-4-6-14-34-37(3,20-8-7-15-35(40)41)30-26-28(57(51,52)53)17-19-32(30)39(34)22-10-12-24-55(45,46)47/h4-6,13-14,16-19,25-26H,7-12,15,20-24H2,1-3H3,(H4-,40,41,42,43,44,45,46,47,48,49,50,51,52,53)/p+1. The van der Waals surface area contributed by atoms with E-state index in [1.807, 2.05) is 42.4 Å². The largest absolute Gasteiger partial charge is 0.481 e. The number of carboxylic acid groups (broad SMARTS) is 1. The second-order valence-electron chi connectivity index (χ2n) is 14.8. The number of unbranched alkanes of at least 4 members (excludes halogenated alkanes) is 3. The van der Waals surface area contributed by atoms with Gasteiger partial charge in [0.15, 0.2) is 5.71 Å². The molecule has 0 radical (unpaired) electrons. The molecule has 16 nitrogen and oxygen atoms in total. The van der Waals surface area contributed by atoms with E-state index in [2.05, 4.69) is 0 Å². The number of anilines is 1. The summed E-state index contributed by atoms with van der Waals surface area (Å²) in [6.07, 6.45) is 10.9. The van der Waals surface area contributed by atoms with E-state index in [0.717, 1.165) is 5.71 Å². The normalized spacial score (nSPS) is 19.3. The highest BCUT2D eigenvalue weighted by Crippen LogP contribution is 2.51. The second kappa shape index (κ2) is 17.6. The minimum Gasteiger partial charge on any atom is -0.481 e. The van der Waals surface area contributed by atoms with Gasteiger partial charge in [0.1, 0.15) is 6.54 Å². The van der Waals surface area contributed by atoms with Crippen LogP contribution in [0.4, 0.5) is 11.4 Å². The molecule has 2 heterocycles. The summed E-state index contributed by atoms with van der Waals surface area (Å²) in [5, 5.41) is 9.24. The SMILES string of the molecule is CC1(C)C(/C=C/C=C/C=C2/N(CCCCS(=O)(=O)O)c3ccc(S(=O)(=O)O)cc3C2(C)CCCCC(=O)O)=[N+](CCCCS(=O)(=O)O)c2ccc(S(=O)(=O)O)cc21. The van der Waals surface area contributed by atoms with Gasteiger partial charge in [0.25, 0.3) is 40.5 Å². The Balaban J connectivity index is 1.76. The molecular weight excluding hydrogens is 825 g/mol. The van der Waals surface area contributed by atoms with Gasteiger partial charge in [0.05, 0.1) is 26.7 Å². The summed E-state index contributed by atoms with van der Waals surface area (Å²) in [7, 11) is -17.5. The highest BCUT2D eigenvalue weighted by molar-refractivity contribution is 7.86. The number of rotatable bonds is 20. The van der Waals surface area contributed by atoms with Crippen molar-refractivity contribution < 1.29 is 66.4 Å². The lowest BCUT2D eigenvalue weighted by molar-refractivity contribution is -0.438. The van der Waals surface area contributed by atoms with Crippen LogP contribution in [0.1, 0.15) is 83.3 Å². The quantitative estimate of drug-likeness (QED) is 0.0489. The molecule has 20 heteroatoms. The predicted octanol–water partition coefficient (Wildman–Crippen LogP) is 5.31. The number of carbonyl (C=O) groups is 1. The van der Waals surface area contributed by atoms with Gasteiger partial charge in [-0.2, -0.15) is 38.2 Å². The first-order chi connectivity index (χ1) is 26.3. The van der Waals surface area contributed by atoms with Crippen LogP contribution in [-0.2, 0) is 56.1 Å². The van der Waals surface area contributed by atoms with E-state index in [9.17, 15) is 61.8 Å². The van der Waals surface area contributed by atoms with Crippen LogP contribution in [0, 0.1) is 0 Å². The first-order valence-corrected chi connectivity index (χ1v) is 24.2.